The van der Waals surface area contributed by atoms with Gasteiger partial charge in [-0.2, -0.15) is 0 Å². The van der Waals surface area contributed by atoms with E-state index in [0.29, 0.717) is 5.56 Å². The molecule has 3 heteroatoms. The highest BCUT2D eigenvalue weighted by atomic mass is 79.9. The molecule has 0 nitrogen and oxygen atoms in total. The fourth-order valence-corrected chi connectivity index (χ4v) is 2.49. The molecule has 0 spiro atoms. The lowest BCUT2D eigenvalue weighted by Gasteiger charge is -2.09. The molecule has 82 valence electrons. The predicted octanol–water partition coefficient (Wildman–Crippen LogP) is 5.35. The first kappa shape index (κ1) is 11.8. The lowest BCUT2D eigenvalue weighted by Crippen LogP contribution is -1.88. The topological polar surface area (TPSA) is 0 Å². The molecule has 2 aromatic carbocycles. The average Bonchev–Trinajstić information content (AvgIpc) is 2.28. The number of hydrogen-bond donors (Lipinski definition) is 0. The van der Waals surface area contributed by atoms with Crippen molar-refractivity contribution in [2.24, 2.45) is 0 Å². The van der Waals surface area contributed by atoms with Gasteiger partial charge >= 0.3 is 0 Å². The molecule has 16 heavy (non-hydrogen) atoms. The summed E-state index contributed by atoms with van der Waals surface area (Å²) in [5, 5.41) is 0. The minimum absolute atomic E-state index is 0.469. The third kappa shape index (κ3) is 2.36. The van der Waals surface area contributed by atoms with Crippen LogP contribution in [0.2, 0.25) is 0 Å². The zero-order chi connectivity index (χ0) is 11.5. The summed E-state index contributed by atoms with van der Waals surface area (Å²) in [6.45, 7) is -0.469. The molecular weight excluding hydrogens is 335 g/mol. The Morgan fingerprint density at radius 1 is 1.00 bits per heavy atom. The van der Waals surface area contributed by atoms with Crippen molar-refractivity contribution in [3.05, 3.63) is 57.0 Å². The van der Waals surface area contributed by atoms with Gasteiger partial charge in [-0.3, -0.25) is 0 Å². The zero-order valence-electron chi connectivity index (χ0n) is 8.38. The van der Waals surface area contributed by atoms with E-state index in [1.165, 1.54) is 0 Å². The minimum Gasteiger partial charge on any atom is -0.246 e. The molecule has 0 aliphatic rings. The smallest absolute Gasteiger partial charge is 0.116 e. The van der Waals surface area contributed by atoms with Gasteiger partial charge in [0.25, 0.3) is 0 Å². The van der Waals surface area contributed by atoms with Crippen LogP contribution in [0.4, 0.5) is 4.39 Å². The predicted molar refractivity (Wildman–Crippen MR) is 72.1 cm³/mol. The van der Waals surface area contributed by atoms with Crippen molar-refractivity contribution in [1.29, 1.82) is 0 Å². The van der Waals surface area contributed by atoms with Crippen LogP contribution in [-0.2, 0) is 6.67 Å². The standard InChI is InChI=1S/C13H9Br2F/c14-10-4-1-3-9(7-10)11-5-2-6-13(15)12(11)8-16/h1-7H,8H2. The molecule has 0 amide bonds. The van der Waals surface area contributed by atoms with Crippen LogP contribution in [0.3, 0.4) is 0 Å². The summed E-state index contributed by atoms with van der Waals surface area (Å²) in [5.74, 6) is 0. The van der Waals surface area contributed by atoms with Crippen LogP contribution in [0.5, 0.6) is 0 Å². The first-order chi connectivity index (χ1) is 7.72. The molecule has 0 heterocycles. The van der Waals surface area contributed by atoms with E-state index in [4.69, 9.17) is 0 Å². The summed E-state index contributed by atoms with van der Waals surface area (Å²) < 4.78 is 14.8. The molecule has 0 saturated heterocycles. The van der Waals surface area contributed by atoms with Crippen molar-refractivity contribution >= 4 is 31.9 Å². The van der Waals surface area contributed by atoms with Crippen LogP contribution >= 0.6 is 31.9 Å². The normalized spacial score (nSPS) is 10.4. The maximum atomic E-state index is 13.0. The van der Waals surface area contributed by atoms with Crippen LogP contribution in [0, 0.1) is 0 Å². The minimum atomic E-state index is -0.469. The Morgan fingerprint density at radius 3 is 2.44 bits per heavy atom. The van der Waals surface area contributed by atoms with Gasteiger partial charge < -0.3 is 0 Å². The lowest BCUT2D eigenvalue weighted by molar-refractivity contribution is 0.485. The quantitative estimate of drug-likeness (QED) is 0.689. The third-order valence-corrected chi connectivity index (χ3v) is 3.62. The summed E-state index contributed by atoms with van der Waals surface area (Å²) in [6, 6.07) is 13.6. The Hall–Kier alpha value is -0.670. The molecule has 0 N–H and O–H groups in total. The SMILES string of the molecule is FCc1c(Br)cccc1-c1cccc(Br)c1. The van der Waals surface area contributed by atoms with Crippen molar-refractivity contribution in [3.63, 3.8) is 0 Å². The van der Waals surface area contributed by atoms with Gasteiger partial charge in [-0.1, -0.05) is 56.1 Å². The highest BCUT2D eigenvalue weighted by molar-refractivity contribution is 9.10. The van der Waals surface area contributed by atoms with E-state index in [-0.39, 0.29) is 0 Å². The van der Waals surface area contributed by atoms with Crippen molar-refractivity contribution in [2.45, 2.75) is 6.67 Å². The molecule has 2 rings (SSSR count). The zero-order valence-corrected chi connectivity index (χ0v) is 11.6. The molecule has 2 aromatic rings. The Bertz CT molecular complexity index is 509. The molecule has 0 atom stereocenters. The fraction of sp³-hybridized carbons (Fsp3) is 0.0769. The Morgan fingerprint density at radius 2 is 1.75 bits per heavy atom. The number of benzene rings is 2. The highest BCUT2D eigenvalue weighted by Crippen LogP contribution is 2.31. The van der Waals surface area contributed by atoms with E-state index < -0.39 is 6.67 Å². The van der Waals surface area contributed by atoms with Crippen molar-refractivity contribution in [3.8, 4) is 11.1 Å². The van der Waals surface area contributed by atoms with Gasteiger partial charge in [0.2, 0.25) is 0 Å². The van der Waals surface area contributed by atoms with Gasteiger partial charge in [0.05, 0.1) is 0 Å². The van der Waals surface area contributed by atoms with Crippen LogP contribution in [-0.4, -0.2) is 0 Å². The lowest BCUT2D eigenvalue weighted by atomic mass is 10.0. The molecule has 0 unspecified atom stereocenters. The van der Waals surface area contributed by atoms with E-state index in [2.05, 4.69) is 31.9 Å². The number of alkyl halides is 1. The monoisotopic (exact) mass is 342 g/mol. The van der Waals surface area contributed by atoms with Crippen LogP contribution in [0.15, 0.2) is 51.4 Å². The molecule has 0 fully saturated rings. The van der Waals surface area contributed by atoms with Gasteiger partial charge in [0.1, 0.15) is 6.67 Å². The Kier molecular flexibility index (Phi) is 3.77. The summed E-state index contributed by atoms with van der Waals surface area (Å²) >= 11 is 6.79. The summed E-state index contributed by atoms with van der Waals surface area (Å²) in [4.78, 5) is 0. The van der Waals surface area contributed by atoms with Crippen molar-refractivity contribution in [1.82, 2.24) is 0 Å². The maximum absolute atomic E-state index is 13.0. The Labute approximate surface area is 111 Å². The Balaban J connectivity index is 2.60. The van der Waals surface area contributed by atoms with Gasteiger partial charge in [-0.15, -0.1) is 0 Å². The molecule has 0 aliphatic carbocycles. The molecule has 0 bridgehead atoms. The van der Waals surface area contributed by atoms with E-state index >= 15 is 0 Å². The first-order valence-corrected chi connectivity index (χ1v) is 6.40. The maximum Gasteiger partial charge on any atom is 0.116 e. The van der Waals surface area contributed by atoms with Crippen molar-refractivity contribution < 1.29 is 4.39 Å². The summed E-state index contributed by atoms with van der Waals surface area (Å²) in [7, 11) is 0. The second-order valence-electron chi connectivity index (χ2n) is 3.41. The fourth-order valence-electron chi connectivity index (χ4n) is 1.62. The third-order valence-electron chi connectivity index (χ3n) is 2.39. The first-order valence-electron chi connectivity index (χ1n) is 4.81. The number of rotatable bonds is 2. The van der Waals surface area contributed by atoms with E-state index in [1.54, 1.807) is 0 Å². The number of halogens is 3. The van der Waals surface area contributed by atoms with Gasteiger partial charge in [-0.05, 0) is 29.3 Å². The van der Waals surface area contributed by atoms with E-state index in [0.717, 1.165) is 20.1 Å². The number of hydrogen-bond acceptors (Lipinski definition) is 0. The van der Waals surface area contributed by atoms with Gasteiger partial charge in [0.15, 0.2) is 0 Å². The molecule has 0 radical (unpaired) electrons. The molecule has 0 aromatic heterocycles. The van der Waals surface area contributed by atoms with Crippen LogP contribution in [0.1, 0.15) is 5.56 Å². The van der Waals surface area contributed by atoms with E-state index in [9.17, 15) is 4.39 Å². The summed E-state index contributed by atoms with van der Waals surface area (Å²) in [6.07, 6.45) is 0. The molecule has 0 saturated carbocycles. The van der Waals surface area contributed by atoms with Gasteiger partial charge in [0, 0.05) is 14.5 Å². The van der Waals surface area contributed by atoms with E-state index in [1.807, 2.05) is 42.5 Å². The summed E-state index contributed by atoms with van der Waals surface area (Å²) in [5.41, 5.74) is 2.64. The largest absolute Gasteiger partial charge is 0.246 e. The van der Waals surface area contributed by atoms with Crippen LogP contribution in [0.25, 0.3) is 11.1 Å². The second kappa shape index (κ2) is 5.11. The second-order valence-corrected chi connectivity index (χ2v) is 5.18. The molecular formula is C13H9Br2F. The van der Waals surface area contributed by atoms with Crippen LogP contribution < -0.4 is 0 Å². The van der Waals surface area contributed by atoms with Crippen molar-refractivity contribution in [2.75, 3.05) is 0 Å². The van der Waals surface area contributed by atoms with Gasteiger partial charge in [-0.25, -0.2) is 4.39 Å². The molecule has 0 aliphatic heterocycles. The average molecular weight is 344 g/mol. The highest BCUT2D eigenvalue weighted by Gasteiger charge is 2.08.